The molecule has 0 bridgehead atoms. The van der Waals surface area contributed by atoms with Gasteiger partial charge in [0.1, 0.15) is 5.01 Å². The first-order chi connectivity index (χ1) is 9.27. The van der Waals surface area contributed by atoms with Crippen LogP contribution in [0.5, 0.6) is 5.06 Å². The number of hydrogen-bond acceptors (Lipinski definition) is 4. The molecule has 3 nitrogen and oxygen atoms in total. The van der Waals surface area contributed by atoms with Crippen molar-refractivity contribution >= 4 is 17.3 Å². The predicted molar refractivity (Wildman–Crippen MR) is 68.6 cm³/mol. The van der Waals surface area contributed by atoms with E-state index in [2.05, 4.69) is 4.98 Å². The summed E-state index contributed by atoms with van der Waals surface area (Å²) in [6, 6.07) is 4.69. The fourth-order valence-corrected chi connectivity index (χ4v) is 2.50. The van der Waals surface area contributed by atoms with Gasteiger partial charge in [-0.05, 0) is 19.1 Å². The second-order valence-electron chi connectivity index (χ2n) is 4.06. The molecule has 0 amide bonds. The lowest BCUT2D eigenvalue weighted by Gasteiger charge is -2.06. The van der Waals surface area contributed by atoms with Gasteiger partial charge in [-0.3, -0.25) is 4.79 Å². The van der Waals surface area contributed by atoms with Crippen molar-refractivity contribution in [3.63, 3.8) is 0 Å². The van der Waals surface area contributed by atoms with Crippen molar-refractivity contribution in [2.45, 2.75) is 20.0 Å². The fourth-order valence-electron chi connectivity index (χ4n) is 1.53. The maximum atomic E-state index is 12.5. The smallest absolute Gasteiger partial charge is 0.414 e. The van der Waals surface area contributed by atoms with E-state index < -0.39 is 17.7 Å². The van der Waals surface area contributed by atoms with Crippen LogP contribution in [0.3, 0.4) is 0 Å². The van der Waals surface area contributed by atoms with Crippen molar-refractivity contribution in [2.75, 3.05) is 0 Å². The van der Waals surface area contributed by atoms with Gasteiger partial charge in [-0.25, -0.2) is 4.98 Å². The molecular weight excluding hydrogens is 291 g/mol. The molecule has 0 spiro atoms. The van der Waals surface area contributed by atoms with Gasteiger partial charge >= 0.3 is 12.1 Å². The predicted octanol–water partition coefficient (Wildman–Crippen LogP) is 4.06. The van der Waals surface area contributed by atoms with E-state index in [0.717, 1.165) is 23.5 Å². The number of alkyl halides is 3. The third kappa shape index (κ3) is 3.16. The van der Waals surface area contributed by atoms with E-state index in [-0.39, 0.29) is 0 Å². The number of esters is 1. The quantitative estimate of drug-likeness (QED) is 0.785. The number of thiazole rings is 1. The lowest BCUT2D eigenvalue weighted by Crippen LogP contribution is -2.03. The van der Waals surface area contributed by atoms with Gasteiger partial charge in [0.15, 0.2) is 0 Å². The van der Waals surface area contributed by atoms with Gasteiger partial charge in [0, 0.05) is 12.5 Å². The zero-order valence-electron chi connectivity index (χ0n) is 10.6. The van der Waals surface area contributed by atoms with Crippen molar-refractivity contribution in [3.8, 4) is 15.6 Å². The molecule has 0 aliphatic heterocycles. The molecule has 0 saturated heterocycles. The Morgan fingerprint density at radius 3 is 2.35 bits per heavy atom. The molecular formula is C13H10F3NO2S. The van der Waals surface area contributed by atoms with Crippen molar-refractivity contribution in [3.05, 3.63) is 35.5 Å². The standard InChI is InChI=1S/C13H10F3NO2S/c1-7-12(19-8(2)18)20-11(17-7)9-3-5-10(6-4-9)13(14,15)16/h3-6H,1-2H3. The molecule has 0 aliphatic rings. The van der Waals surface area contributed by atoms with Gasteiger partial charge in [-0.15, -0.1) is 0 Å². The average molecular weight is 301 g/mol. The Kier molecular flexibility index (Phi) is 3.80. The summed E-state index contributed by atoms with van der Waals surface area (Å²) in [6.07, 6.45) is -4.36. The lowest BCUT2D eigenvalue weighted by atomic mass is 10.1. The molecule has 2 rings (SSSR count). The highest BCUT2D eigenvalue weighted by molar-refractivity contribution is 7.17. The Morgan fingerprint density at radius 1 is 1.25 bits per heavy atom. The van der Waals surface area contributed by atoms with Gasteiger partial charge < -0.3 is 4.74 Å². The van der Waals surface area contributed by atoms with Crippen LogP contribution in [0.25, 0.3) is 10.6 Å². The Bertz CT molecular complexity index is 632. The molecule has 20 heavy (non-hydrogen) atoms. The van der Waals surface area contributed by atoms with Crippen LogP contribution in [0.4, 0.5) is 13.2 Å². The first-order valence-electron chi connectivity index (χ1n) is 5.61. The van der Waals surface area contributed by atoms with E-state index in [4.69, 9.17) is 4.74 Å². The first-order valence-corrected chi connectivity index (χ1v) is 6.42. The van der Waals surface area contributed by atoms with E-state index >= 15 is 0 Å². The van der Waals surface area contributed by atoms with E-state index in [1.807, 2.05) is 0 Å². The minimum Gasteiger partial charge on any atom is -0.414 e. The molecule has 0 radical (unpaired) electrons. The summed E-state index contributed by atoms with van der Waals surface area (Å²) in [4.78, 5) is 15.1. The van der Waals surface area contributed by atoms with Crippen LogP contribution in [0.15, 0.2) is 24.3 Å². The Labute approximate surface area is 117 Å². The van der Waals surface area contributed by atoms with Crippen molar-refractivity contribution in [1.82, 2.24) is 4.98 Å². The SMILES string of the molecule is CC(=O)Oc1sc(-c2ccc(C(F)(F)F)cc2)nc1C. The van der Waals surface area contributed by atoms with Crippen LogP contribution in [0.2, 0.25) is 0 Å². The molecule has 2 aromatic rings. The molecule has 0 N–H and O–H groups in total. The Morgan fingerprint density at radius 2 is 1.85 bits per heavy atom. The second-order valence-corrected chi connectivity index (χ2v) is 5.02. The van der Waals surface area contributed by atoms with Crippen molar-refractivity contribution in [2.24, 2.45) is 0 Å². The fraction of sp³-hybridized carbons (Fsp3) is 0.231. The van der Waals surface area contributed by atoms with E-state index in [0.29, 0.717) is 21.3 Å². The molecule has 7 heteroatoms. The first kappa shape index (κ1) is 14.5. The Balaban J connectivity index is 2.30. The largest absolute Gasteiger partial charge is 0.416 e. The molecule has 0 atom stereocenters. The highest BCUT2D eigenvalue weighted by Crippen LogP contribution is 2.35. The third-order valence-electron chi connectivity index (χ3n) is 2.45. The number of aryl methyl sites for hydroxylation is 1. The minimum atomic E-state index is -4.36. The minimum absolute atomic E-state index is 0.354. The summed E-state index contributed by atoms with van der Waals surface area (Å²) < 4.78 is 42.4. The number of rotatable bonds is 2. The number of carbonyl (C=O) groups is 1. The third-order valence-corrected chi connectivity index (χ3v) is 3.53. The second kappa shape index (κ2) is 5.24. The molecule has 0 unspecified atom stereocenters. The van der Waals surface area contributed by atoms with Gasteiger partial charge in [-0.1, -0.05) is 23.5 Å². The summed E-state index contributed by atoms with van der Waals surface area (Å²) in [5, 5.41) is 0.861. The normalized spacial score (nSPS) is 11.4. The van der Waals surface area contributed by atoms with Crippen LogP contribution >= 0.6 is 11.3 Å². The summed E-state index contributed by atoms with van der Waals surface area (Å²) in [6.45, 7) is 2.94. The number of aromatic nitrogens is 1. The molecule has 106 valence electrons. The average Bonchev–Trinajstić information content (AvgIpc) is 2.69. The molecule has 0 fully saturated rings. The molecule has 1 heterocycles. The Hall–Kier alpha value is -1.89. The zero-order valence-corrected chi connectivity index (χ0v) is 11.4. The monoisotopic (exact) mass is 301 g/mol. The van der Waals surface area contributed by atoms with Gasteiger partial charge in [0.05, 0.1) is 11.3 Å². The summed E-state index contributed by atoms with van der Waals surface area (Å²) in [5.74, 6) is -0.462. The number of ether oxygens (including phenoxy) is 1. The number of carbonyl (C=O) groups excluding carboxylic acids is 1. The summed E-state index contributed by atoms with van der Waals surface area (Å²) >= 11 is 1.12. The molecule has 1 aromatic carbocycles. The molecule has 1 aromatic heterocycles. The highest BCUT2D eigenvalue weighted by atomic mass is 32.1. The van der Waals surface area contributed by atoms with Crippen LogP contribution < -0.4 is 4.74 Å². The number of hydrogen-bond donors (Lipinski definition) is 0. The summed E-state index contributed by atoms with van der Waals surface area (Å²) in [5.41, 5.74) is 0.360. The van der Waals surface area contributed by atoms with E-state index in [1.54, 1.807) is 6.92 Å². The number of halogens is 3. The van der Waals surface area contributed by atoms with Crippen molar-refractivity contribution < 1.29 is 22.7 Å². The van der Waals surface area contributed by atoms with Crippen LogP contribution in [0.1, 0.15) is 18.2 Å². The summed E-state index contributed by atoms with van der Waals surface area (Å²) in [7, 11) is 0. The maximum absolute atomic E-state index is 12.5. The zero-order chi connectivity index (χ0) is 14.9. The lowest BCUT2D eigenvalue weighted by molar-refractivity contribution is -0.137. The van der Waals surface area contributed by atoms with Gasteiger partial charge in [0.2, 0.25) is 5.06 Å². The number of nitrogens with zero attached hydrogens (tertiary/aromatic N) is 1. The topological polar surface area (TPSA) is 39.2 Å². The number of benzene rings is 1. The van der Waals surface area contributed by atoms with Crippen LogP contribution in [-0.2, 0) is 11.0 Å². The van der Waals surface area contributed by atoms with Crippen LogP contribution in [0, 0.1) is 6.92 Å². The van der Waals surface area contributed by atoms with Crippen molar-refractivity contribution in [1.29, 1.82) is 0 Å². The van der Waals surface area contributed by atoms with Crippen LogP contribution in [-0.4, -0.2) is 11.0 Å². The van der Waals surface area contributed by atoms with E-state index in [9.17, 15) is 18.0 Å². The van der Waals surface area contributed by atoms with E-state index in [1.165, 1.54) is 19.1 Å². The highest BCUT2D eigenvalue weighted by Gasteiger charge is 2.30. The van der Waals surface area contributed by atoms with Gasteiger partial charge in [-0.2, -0.15) is 13.2 Å². The van der Waals surface area contributed by atoms with Gasteiger partial charge in [0.25, 0.3) is 0 Å². The maximum Gasteiger partial charge on any atom is 0.416 e. The molecule has 0 saturated carbocycles. The molecule has 0 aliphatic carbocycles.